The summed E-state index contributed by atoms with van der Waals surface area (Å²) in [6, 6.07) is 1.19. The lowest BCUT2D eigenvalue weighted by atomic mass is 9.84. The van der Waals surface area contributed by atoms with Gasteiger partial charge < -0.3 is 5.32 Å². The van der Waals surface area contributed by atoms with E-state index < -0.39 is 0 Å². The first-order valence-corrected chi connectivity index (χ1v) is 9.02. The molecule has 1 N–H and O–H groups in total. The standard InChI is InChI=1S/C17H31N3S/c1-12(2)7-15-8-18-16(17(4,5)6)10-20(15)9-14-11-21-13(3)19-14/h11-12,15-16,18H,7-10H2,1-6H3. The molecule has 1 fully saturated rings. The molecule has 0 radical (unpaired) electrons. The molecule has 21 heavy (non-hydrogen) atoms. The van der Waals surface area contributed by atoms with Gasteiger partial charge in [-0.15, -0.1) is 11.3 Å². The van der Waals surface area contributed by atoms with Gasteiger partial charge in [0.2, 0.25) is 0 Å². The molecule has 1 aromatic rings. The summed E-state index contributed by atoms with van der Waals surface area (Å²) in [5, 5.41) is 7.17. The molecule has 0 amide bonds. The Morgan fingerprint density at radius 2 is 2.14 bits per heavy atom. The van der Waals surface area contributed by atoms with E-state index in [4.69, 9.17) is 0 Å². The maximum absolute atomic E-state index is 4.66. The molecule has 1 aromatic heterocycles. The third-order valence-electron chi connectivity index (χ3n) is 4.35. The molecule has 2 heterocycles. The van der Waals surface area contributed by atoms with Crippen LogP contribution in [-0.4, -0.2) is 35.1 Å². The van der Waals surface area contributed by atoms with Crippen LogP contribution in [0.4, 0.5) is 0 Å². The highest BCUT2D eigenvalue weighted by molar-refractivity contribution is 7.09. The second-order valence-corrected chi connectivity index (χ2v) is 8.96. The third kappa shape index (κ3) is 4.76. The number of thiazole rings is 1. The second kappa shape index (κ2) is 6.76. The molecule has 2 unspecified atom stereocenters. The van der Waals surface area contributed by atoms with Gasteiger partial charge >= 0.3 is 0 Å². The monoisotopic (exact) mass is 309 g/mol. The van der Waals surface area contributed by atoms with Gasteiger partial charge in [-0.25, -0.2) is 4.98 Å². The molecule has 1 aliphatic rings. The molecule has 4 heteroatoms. The zero-order valence-electron chi connectivity index (χ0n) is 14.4. The minimum absolute atomic E-state index is 0.305. The van der Waals surface area contributed by atoms with Crippen molar-refractivity contribution in [3.63, 3.8) is 0 Å². The highest BCUT2D eigenvalue weighted by Crippen LogP contribution is 2.26. The topological polar surface area (TPSA) is 28.2 Å². The summed E-state index contributed by atoms with van der Waals surface area (Å²) < 4.78 is 0. The smallest absolute Gasteiger partial charge is 0.0897 e. The Labute approximate surface area is 134 Å². The van der Waals surface area contributed by atoms with Crippen LogP contribution in [0.15, 0.2) is 5.38 Å². The van der Waals surface area contributed by atoms with Crippen molar-refractivity contribution in [2.45, 2.75) is 66.6 Å². The van der Waals surface area contributed by atoms with E-state index in [9.17, 15) is 0 Å². The van der Waals surface area contributed by atoms with Crippen molar-refractivity contribution in [3.05, 3.63) is 16.1 Å². The van der Waals surface area contributed by atoms with Crippen LogP contribution in [0.25, 0.3) is 0 Å². The molecule has 1 aliphatic heterocycles. The van der Waals surface area contributed by atoms with Crippen LogP contribution >= 0.6 is 11.3 Å². The zero-order valence-corrected chi connectivity index (χ0v) is 15.3. The SMILES string of the molecule is Cc1nc(CN2CC(C(C)(C)C)NCC2CC(C)C)cs1. The van der Waals surface area contributed by atoms with E-state index in [1.165, 1.54) is 17.1 Å². The van der Waals surface area contributed by atoms with Crippen molar-refractivity contribution < 1.29 is 0 Å². The maximum Gasteiger partial charge on any atom is 0.0897 e. The summed E-state index contributed by atoms with van der Waals surface area (Å²) in [6.07, 6.45) is 1.26. The van der Waals surface area contributed by atoms with Gasteiger partial charge in [-0.05, 0) is 24.7 Å². The number of rotatable bonds is 4. The highest BCUT2D eigenvalue weighted by atomic mass is 32.1. The Balaban J connectivity index is 2.08. The Morgan fingerprint density at radius 1 is 1.43 bits per heavy atom. The van der Waals surface area contributed by atoms with Gasteiger partial charge in [0.15, 0.2) is 0 Å². The van der Waals surface area contributed by atoms with Crippen molar-refractivity contribution in [2.75, 3.05) is 13.1 Å². The summed E-state index contributed by atoms with van der Waals surface area (Å²) in [7, 11) is 0. The number of nitrogens with one attached hydrogen (secondary N) is 1. The van der Waals surface area contributed by atoms with Crippen LogP contribution in [-0.2, 0) is 6.54 Å². The van der Waals surface area contributed by atoms with E-state index in [1.54, 1.807) is 11.3 Å². The normalized spacial score (nSPS) is 24.7. The van der Waals surface area contributed by atoms with Gasteiger partial charge in [-0.3, -0.25) is 4.90 Å². The Hall–Kier alpha value is -0.450. The number of aryl methyl sites for hydroxylation is 1. The summed E-state index contributed by atoms with van der Waals surface area (Å²) in [5.41, 5.74) is 1.54. The van der Waals surface area contributed by atoms with Crippen LogP contribution in [0.3, 0.4) is 0 Å². The minimum Gasteiger partial charge on any atom is -0.311 e. The van der Waals surface area contributed by atoms with Crippen molar-refractivity contribution >= 4 is 11.3 Å². The van der Waals surface area contributed by atoms with Crippen LogP contribution in [0.5, 0.6) is 0 Å². The summed E-state index contributed by atoms with van der Waals surface area (Å²) in [6.45, 7) is 16.9. The number of piperazine rings is 1. The Bertz CT molecular complexity index is 447. The van der Waals surface area contributed by atoms with Crippen molar-refractivity contribution in [2.24, 2.45) is 11.3 Å². The molecule has 0 aliphatic carbocycles. The van der Waals surface area contributed by atoms with E-state index in [0.29, 0.717) is 17.5 Å². The van der Waals surface area contributed by atoms with Gasteiger partial charge in [-0.2, -0.15) is 0 Å². The van der Waals surface area contributed by atoms with Gasteiger partial charge in [0, 0.05) is 37.1 Å². The van der Waals surface area contributed by atoms with Crippen LogP contribution in [0, 0.1) is 18.3 Å². The number of nitrogens with zero attached hydrogens (tertiary/aromatic N) is 2. The van der Waals surface area contributed by atoms with E-state index in [0.717, 1.165) is 25.6 Å². The number of aromatic nitrogens is 1. The fourth-order valence-corrected chi connectivity index (χ4v) is 3.70. The first kappa shape index (κ1) is 16.9. The van der Waals surface area contributed by atoms with Crippen LogP contribution in [0.1, 0.15) is 51.7 Å². The van der Waals surface area contributed by atoms with Gasteiger partial charge in [-0.1, -0.05) is 34.6 Å². The molecule has 0 spiro atoms. The van der Waals surface area contributed by atoms with Crippen molar-refractivity contribution in [3.8, 4) is 0 Å². The molecule has 0 aromatic carbocycles. The molecule has 2 rings (SSSR count). The first-order chi connectivity index (χ1) is 9.75. The number of hydrogen-bond donors (Lipinski definition) is 1. The third-order valence-corrected chi connectivity index (χ3v) is 5.18. The fraction of sp³-hybridized carbons (Fsp3) is 0.824. The summed E-state index contributed by atoms with van der Waals surface area (Å²) in [4.78, 5) is 7.32. The molecule has 3 nitrogen and oxygen atoms in total. The highest BCUT2D eigenvalue weighted by Gasteiger charge is 2.34. The predicted molar refractivity (Wildman–Crippen MR) is 91.7 cm³/mol. The average molecular weight is 310 g/mol. The first-order valence-electron chi connectivity index (χ1n) is 8.14. The van der Waals surface area contributed by atoms with E-state index in [1.807, 2.05) is 0 Å². The van der Waals surface area contributed by atoms with E-state index >= 15 is 0 Å². The Kier molecular flexibility index (Phi) is 5.44. The quantitative estimate of drug-likeness (QED) is 0.919. The predicted octanol–water partition coefficient (Wildman–Crippen LogP) is 3.69. The largest absolute Gasteiger partial charge is 0.311 e. The molecule has 120 valence electrons. The average Bonchev–Trinajstić information content (AvgIpc) is 2.75. The maximum atomic E-state index is 4.66. The fourth-order valence-electron chi connectivity index (χ4n) is 3.09. The summed E-state index contributed by atoms with van der Waals surface area (Å²) in [5.74, 6) is 0.739. The van der Waals surface area contributed by atoms with E-state index in [2.05, 4.69) is 62.1 Å². The Morgan fingerprint density at radius 3 is 2.67 bits per heavy atom. The van der Waals surface area contributed by atoms with Crippen LogP contribution in [0.2, 0.25) is 0 Å². The zero-order chi connectivity index (χ0) is 15.6. The molecule has 0 saturated carbocycles. The van der Waals surface area contributed by atoms with Crippen molar-refractivity contribution in [1.29, 1.82) is 0 Å². The molecule has 1 saturated heterocycles. The van der Waals surface area contributed by atoms with Gasteiger partial charge in [0.25, 0.3) is 0 Å². The van der Waals surface area contributed by atoms with Crippen LogP contribution < -0.4 is 5.32 Å². The second-order valence-electron chi connectivity index (χ2n) is 7.90. The van der Waals surface area contributed by atoms with Gasteiger partial charge in [0.1, 0.15) is 0 Å². The number of hydrogen-bond acceptors (Lipinski definition) is 4. The molecular formula is C17H31N3S. The molecular weight excluding hydrogens is 278 g/mol. The molecule has 0 bridgehead atoms. The van der Waals surface area contributed by atoms with Crippen molar-refractivity contribution in [1.82, 2.24) is 15.2 Å². The lowest BCUT2D eigenvalue weighted by molar-refractivity contribution is 0.0682. The lowest BCUT2D eigenvalue weighted by Crippen LogP contribution is -2.60. The van der Waals surface area contributed by atoms with Gasteiger partial charge in [0.05, 0.1) is 10.7 Å². The molecule has 2 atom stereocenters. The van der Waals surface area contributed by atoms with E-state index in [-0.39, 0.29) is 0 Å². The minimum atomic E-state index is 0.305. The lowest BCUT2D eigenvalue weighted by Gasteiger charge is -2.45. The summed E-state index contributed by atoms with van der Waals surface area (Å²) >= 11 is 1.76.